The number of thioether (sulfide) groups is 1. The van der Waals surface area contributed by atoms with Crippen LogP contribution in [0.5, 0.6) is 0 Å². The quantitative estimate of drug-likeness (QED) is 0.776. The van der Waals surface area contributed by atoms with Gasteiger partial charge in [-0.1, -0.05) is 17.7 Å². The van der Waals surface area contributed by atoms with E-state index in [4.69, 9.17) is 0 Å². The van der Waals surface area contributed by atoms with Crippen molar-refractivity contribution >= 4 is 29.3 Å². The molecule has 1 N–H and O–H groups in total. The third-order valence-electron chi connectivity index (χ3n) is 4.67. The van der Waals surface area contributed by atoms with Gasteiger partial charge in [0, 0.05) is 50.8 Å². The number of piperazine rings is 1. The van der Waals surface area contributed by atoms with E-state index in [-0.39, 0.29) is 17.6 Å². The minimum absolute atomic E-state index is 0.0798. The third kappa shape index (κ3) is 6.35. The highest BCUT2D eigenvalue weighted by Gasteiger charge is 2.21. The number of anilines is 1. The molecule has 0 radical (unpaired) electrons. The number of pyridine rings is 1. The number of rotatable bonds is 7. The molecule has 1 aromatic heterocycles. The maximum atomic E-state index is 12.4. The first-order chi connectivity index (χ1) is 13.6. The van der Waals surface area contributed by atoms with Gasteiger partial charge >= 0.3 is 0 Å². The molecule has 148 valence electrons. The summed E-state index contributed by atoms with van der Waals surface area (Å²) in [6, 6.07) is 11.7. The van der Waals surface area contributed by atoms with Crippen LogP contribution in [-0.4, -0.2) is 64.3 Å². The summed E-state index contributed by atoms with van der Waals surface area (Å²) in [6.07, 6.45) is 3.61. The summed E-state index contributed by atoms with van der Waals surface area (Å²) in [7, 11) is 0. The maximum absolute atomic E-state index is 12.4. The fourth-order valence-electron chi connectivity index (χ4n) is 3.06. The molecule has 0 saturated carbocycles. The molecule has 1 aromatic carbocycles. The van der Waals surface area contributed by atoms with Crippen molar-refractivity contribution < 1.29 is 9.59 Å². The topological polar surface area (TPSA) is 65.5 Å². The maximum Gasteiger partial charge on any atom is 0.234 e. The van der Waals surface area contributed by atoms with Crippen LogP contribution in [0.1, 0.15) is 11.1 Å². The van der Waals surface area contributed by atoms with Crippen molar-refractivity contribution in [2.45, 2.75) is 13.5 Å². The van der Waals surface area contributed by atoms with Gasteiger partial charge in [0.25, 0.3) is 0 Å². The Morgan fingerprint density at radius 2 is 1.68 bits per heavy atom. The molecule has 7 heteroatoms. The molecule has 28 heavy (non-hydrogen) atoms. The first-order valence-electron chi connectivity index (χ1n) is 9.43. The van der Waals surface area contributed by atoms with Gasteiger partial charge in [0.05, 0.1) is 11.5 Å². The van der Waals surface area contributed by atoms with Gasteiger partial charge in [-0.05, 0) is 36.8 Å². The first kappa shape index (κ1) is 20.4. The van der Waals surface area contributed by atoms with Crippen molar-refractivity contribution in [3.05, 3.63) is 59.9 Å². The van der Waals surface area contributed by atoms with Crippen molar-refractivity contribution in [2.75, 3.05) is 43.0 Å². The second kappa shape index (κ2) is 10.2. The largest absolute Gasteiger partial charge is 0.339 e. The number of aromatic nitrogens is 1. The van der Waals surface area contributed by atoms with E-state index < -0.39 is 0 Å². The highest BCUT2D eigenvalue weighted by Crippen LogP contribution is 2.12. The van der Waals surface area contributed by atoms with Crippen LogP contribution in [0, 0.1) is 6.92 Å². The summed E-state index contributed by atoms with van der Waals surface area (Å²) in [6.45, 7) is 6.10. The summed E-state index contributed by atoms with van der Waals surface area (Å²) in [5.41, 5.74) is 3.18. The molecule has 1 aliphatic heterocycles. The molecule has 2 heterocycles. The van der Waals surface area contributed by atoms with Gasteiger partial charge in [-0.2, -0.15) is 0 Å². The minimum atomic E-state index is -0.0798. The summed E-state index contributed by atoms with van der Waals surface area (Å²) in [5, 5.41) is 2.86. The molecule has 0 aliphatic carbocycles. The lowest BCUT2D eigenvalue weighted by atomic mass is 10.2. The number of hydrogen-bond donors (Lipinski definition) is 1. The number of aryl methyl sites for hydroxylation is 1. The SMILES string of the molecule is Cc1ccc(NC(=O)CSCC(=O)N2CCN(Cc3ccncc3)CC2)cc1. The van der Waals surface area contributed by atoms with E-state index in [2.05, 4.69) is 15.2 Å². The van der Waals surface area contributed by atoms with Crippen molar-refractivity contribution in [1.29, 1.82) is 0 Å². The van der Waals surface area contributed by atoms with E-state index in [0.29, 0.717) is 5.75 Å². The predicted molar refractivity (Wildman–Crippen MR) is 113 cm³/mol. The van der Waals surface area contributed by atoms with Crippen LogP contribution in [0.3, 0.4) is 0 Å². The average molecular weight is 399 g/mol. The Balaban J connectivity index is 1.33. The molecule has 1 aliphatic rings. The number of amides is 2. The van der Waals surface area contributed by atoms with Gasteiger partial charge in [0.2, 0.25) is 11.8 Å². The van der Waals surface area contributed by atoms with Crippen LogP contribution in [0.2, 0.25) is 0 Å². The smallest absolute Gasteiger partial charge is 0.234 e. The molecule has 2 aromatic rings. The minimum Gasteiger partial charge on any atom is -0.339 e. The van der Waals surface area contributed by atoms with E-state index in [1.807, 2.05) is 48.2 Å². The van der Waals surface area contributed by atoms with Crippen molar-refractivity contribution in [1.82, 2.24) is 14.8 Å². The number of carbonyl (C=O) groups is 2. The normalized spacial score (nSPS) is 14.7. The number of benzene rings is 1. The average Bonchev–Trinajstić information content (AvgIpc) is 2.71. The Morgan fingerprint density at radius 3 is 2.36 bits per heavy atom. The number of nitrogens with zero attached hydrogens (tertiary/aromatic N) is 3. The summed E-state index contributed by atoms with van der Waals surface area (Å²) < 4.78 is 0. The van der Waals surface area contributed by atoms with Gasteiger partial charge in [-0.25, -0.2) is 0 Å². The lowest BCUT2D eigenvalue weighted by molar-refractivity contribution is -0.130. The van der Waals surface area contributed by atoms with Crippen LogP contribution in [0.25, 0.3) is 0 Å². The second-order valence-corrected chi connectivity index (χ2v) is 7.90. The standard InChI is InChI=1S/C21H26N4O2S/c1-17-2-4-19(5-3-17)23-20(26)15-28-16-21(27)25-12-10-24(11-13-25)14-18-6-8-22-9-7-18/h2-9H,10-16H2,1H3,(H,23,26). The van der Waals surface area contributed by atoms with E-state index in [1.165, 1.54) is 17.3 Å². The molecule has 0 unspecified atom stereocenters. The zero-order valence-electron chi connectivity index (χ0n) is 16.1. The van der Waals surface area contributed by atoms with E-state index in [0.717, 1.165) is 44.0 Å². The lowest BCUT2D eigenvalue weighted by Crippen LogP contribution is -2.48. The number of hydrogen-bond acceptors (Lipinski definition) is 5. The van der Waals surface area contributed by atoms with Crippen LogP contribution < -0.4 is 5.32 Å². The van der Waals surface area contributed by atoms with Gasteiger partial charge in [-0.15, -0.1) is 11.8 Å². The van der Waals surface area contributed by atoms with E-state index in [1.54, 1.807) is 12.4 Å². The first-order valence-corrected chi connectivity index (χ1v) is 10.6. The third-order valence-corrected chi connectivity index (χ3v) is 5.59. The van der Waals surface area contributed by atoms with Gasteiger partial charge in [0.15, 0.2) is 0 Å². The van der Waals surface area contributed by atoms with Crippen molar-refractivity contribution in [2.24, 2.45) is 0 Å². The van der Waals surface area contributed by atoms with Gasteiger partial charge < -0.3 is 10.2 Å². The molecule has 3 rings (SSSR count). The van der Waals surface area contributed by atoms with E-state index >= 15 is 0 Å². The van der Waals surface area contributed by atoms with Crippen LogP contribution >= 0.6 is 11.8 Å². The van der Waals surface area contributed by atoms with Crippen LogP contribution in [0.15, 0.2) is 48.8 Å². The molecule has 2 amide bonds. The monoisotopic (exact) mass is 398 g/mol. The molecule has 6 nitrogen and oxygen atoms in total. The Morgan fingerprint density at radius 1 is 1.00 bits per heavy atom. The Kier molecular flexibility index (Phi) is 7.45. The second-order valence-electron chi connectivity index (χ2n) is 6.92. The van der Waals surface area contributed by atoms with Crippen molar-refractivity contribution in [3.63, 3.8) is 0 Å². The molecule has 1 fully saturated rings. The summed E-state index contributed by atoms with van der Waals surface area (Å²) in [4.78, 5) is 32.7. The Hall–Kier alpha value is -2.38. The Labute approximate surface area is 170 Å². The fraction of sp³-hybridized carbons (Fsp3) is 0.381. The fourth-order valence-corrected chi connectivity index (χ4v) is 3.77. The Bertz CT molecular complexity index is 775. The van der Waals surface area contributed by atoms with Crippen LogP contribution in [-0.2, 0) is 16.1 Å². The molecule has 0 spiro atoms. The summed E-state index contributed by atoms with van der Waals surface area (Å²) >= 11 is 1.37. The van der Waals surface area contributed by atoms with Crippen LogP contribution in [0.4, 0.5) is 5.69 Å². The highest BCUT2D eigenvalue weighted by molar-refractivity contribution is 8.00. The van der Waals surface area contributed by atoms with E-state index in [9.17, 15) is 9.59 Å². The van der Waals surface area contributed by atoms with Gasteiger partial charge in [-0.3, -0.25) is 19.5 Å². The molecular formula is C21H26N4O2S. The van der Waals surface area contributed by atoms with Crippen molar-refractivity contribution in [3.8, 4) is 0 Å². The molecule has 0 bridgehead atoms. The summed E-state index contributed by atoms with van der Waals surface area (Å²) in [5.74, 6) is 0.647. The molecular weight excluding hydrogens is 372 g/mol. The zero-order valence-corrected chi connectivity index (χ0v) is 17.0. The lowest BCUT2D eigenvalue weighted by Gasteiger charge is -2.34. The molecule has 0 atom stereocenters. The number of nitrogens with one attached hydrogen (secondary N) is 1. The predicted octanol–water partition coefficient (Wildman–Crippen LogP) is 2.41. The highest BCUT2D eigenvalue weighted by atomic mass is 32.2. The number of carbonyl (C=O) groups excluding carboxylic acids is 2. The van der Waals surface area contributed by atoms with Gasteiger partial charge in [0.1, 0.15) is 0 Å². The zero-order chi connectivity index (χ0) is 19.8. The molecule has 1 saturated heterocycles.